The van der Waals surface area contributed by atoms with Gasteiger partial charge in [0.25, 0.3) is 0 Å². The topological polar surface area (TPSA) is 75.7 Å². The van der Waals surface area contributed by atoms with Gasteiger partial charge < -0.3 is 10.1 Å². The molecular formula is C23H26N2O4S. The van der Waals surface area contributed by atoms with Crippen molar-refractivity contribution in [2.24, 2.45) is 0 Å². The zero-order valence-electron chi connectivity index (χ0n) is 17.5. The smallest absolute Gasteiger partial charge is 0.242 e. The van der Waals surface area contributed by atoms with Crippen molar-refractivity contribution < 1.29 is 17.9 Å². The van der Waals surface area contributed by atoms with Crippen molar-refractivity contribution in [2.75, 3.05) is 21.2 Å². The lowest BCUT2D eigenvalue weighted by molar-refractivity contribution is -0.122. The number of hydrogen-bond acceptors (Lipinski definition) is 4. The molecule has 0 unspecified atom stereocenters. The SMILES string of the molecule is COc1ccc2cc([C@H](C)C(=O)NCc3ccccc3S(=O)(=O)N(C)C)ccc2c1. The van der Waals surface area contributed by atoms with Crippen molar-refractivity contribution in [3.8, 4) is 5.75 Å². The van der Waals surface area contributed by atoms with E-state index in [1.165, 1.54) is 18.4 Å². The fourth-order valence-corrected chi connectivity index (χ4v) is 4.34. The Balaban J connectivity index is 1.77. The molecule has 3 aromatic rings. The summed E-state index contributed by atoms with van der Waals surface area (Å²) in [6.45, 7) is 1.97. The lowest BCUT2D eigenvalue weighted by Crippen LogP contribution is -2.29. The quantitative estimate of drug-likeness (QED) is 0.627. The summed E-state index contributed by atoms with van der Waals surface area (Å²) in [7, 11) is 1.02. The zero-order chi connectivity index (χ0) is 21.9. The van der Waals surface area contributed by atoms with Crippen LogP contribution in [0.2, 0.25) is 0 Å². The van der Waals surface area contributed by atoms with Gasteiger partial charge in [0.2, 0.25) is 15.9 Å². The van der Waals surface area contributed by atoms with Gasteiger partial charge >= 0.3 is 0 Å². The molecule has 0 spiro atoms. The van der Waals surface area contributed by atoms with E-state index in [4.69, 9.17) is 4.74 Å². The summed E-state index contributed by atoms with van der Waals surface area (Å²) < 4.78 is 31.5. The number of hydrogen-bond donors (Lipinski definition) is 1. The molecule has 1 atom stereocenters. The minimum atomic E-state index is -3.59. The summed E-state index contributed by atoms with van der Waals surface area (Å²) in [5, 5.41) is 4.93. The molecule has 158 valence electrons. The average Bonchev–Trinajstić information content (AvgIpc) is 2.76. The Morgan fingerprint density at radius 2 is 1.70 bits per heavy atom. The van der Waals surface area contributed by atoms with Crippen molar-refractivity contribution in [3.63, 3.8) is 0 Å². The summed E-state index contributed by atoms with van der Waals surface area (Å²) in [4.78, 5) is 13.0. The Labute approximate surface area is 177 Å². The molecule has 0 fully saturated rings. The van der Waals surface area contributed by atoms with Gasteiger partial charge in [-0.1, -0.05) is 42.5 Å². The summed E-state index contributed by atoms with van der Waals surface area (Å²) in [6.07, 6.45) is 0. The van der Waals surface area contributed by atoms with Crippen LogP contribution >= 0.6 is 0 Å². The highest BCUT2D eigenvalue weighted by Crippen LogP contribution is 2.25. The second kappa shape index (κ2) is 8.85. The molecule has 0 aliphatic rings. The van der Waals surface area contributed by atoms with Crippen LogP contribution in [0, 0.1) is 0 Å². The number of nitrogens with zero attached hydrogens (tertiary/aromatic N) is 1. The average molecular weight is 427 g/mol. The Hall–Kier alpha value is -2.90. The van der Waals surface area contributed by atoms with Gasteiger partial charge in [-0.2, -0.15) is 0 Å². The van der Waals surface area contributed by atoms with Crippen molar-refractivity contribution in [1.29, 1.82) is 0 Å². The van der Waals surface area contributed by atoms with Gasteiger partial charge in [0.05, 0.1) is 17.9 Å². The van der Waals surface area contributed by atoms with E-state index < -0.39 is 10.0 Å². The summed E-state index contributed by atoms with van der Waals surface area (Å²) >= 11 is 0. The minimum Gasteiger partial charge on any atom is -0.497 e. The van der Waals surface area contributed by atoms with Crippen molar-refractivity contribution >= 4 is 26.7 Å². The maximum atomic E-state index is 12.8. The molecule has 6 nitrogen and oxygen atoms in total. The normalized spacial score (nSPS) is 12.7. The van der Waals surface area contributed by atoms with Gasteiger partial charge in [0, 0.05) is 20.6 Å². The summed E-state index contributed by atoms with van der Waals surface area (Å²) in [5.74, 6) is 0.237. The van der Waals surface area contributed by atoms with Crippen LogP contribution in [0.25, 0.3) is 10.8 Å². The number of carbonyl (C=O) groups is 1. The highest BCUT2D eigenvalue weighted by atomic mass is 32.2. The van der Waals surface area contributed by atoms with Crippen LogP contribution in [0.3, 0.4) is 0 Å². The molecule has 0 aromatic heterocycles. The highest BCUT2D eigenvalue weighted by molar-refractivity contribution is 7.89. The fourth-order valence-electron chi connectivity index (χ4n) is 3.22. The van der Waals surface area contributed by atoms with Crippen LogP contribution in [0.4, 0.5) is 0 Å². The monoisotopic (exact) mass is 426 g/mol. The molecule has 0 bridgehead atoms. The largest absolute Gasteiger partial charge is 0.497 e. The third-order valence-corrected chi connectivity index (χ3v) is 7.06. The van der Waals surface area contributed by atoms with Crippen LogP contribution in [0.5, 0.6) is 5.75 Å². The van der Waals surface area contributed by atoms with Gasteiger partial charge in [-0.15, -0.1) is 0 Å². The van der Waals surface area contributed by atoms with E-state index in [9.17, 15) is 13.2 Å². The standard InChI is InChI=1S/C23H26N2O4S/c1-16(17-9-10-19-14-21(29-4)12-11-18(19)13-17)23(26)24-15-20-7-5-6-8-22(20)30(27,28)25(2)3/h5-14,16H,15H2,1-4H3,(H,24,26)/t16-/m0/s1. The Kier molecular flexibility index (Phi) is 6.43. The first-order valence-electron chi connectivity index (χ1n) is 9.60. The van der Waals surface area contributed by atoms with Gasteiger partial charge in [-0.05, 0) is 47.0 Å². The Bertz CT molecular complexity index is 1170. The number of rotatable bonds is 7. The van der Waals surface area contributed by atoms with Gasteiger partial charge in [-0.3, -0.25) is 4.79 Å². The molecule has 1 amide bonds. The summed E-state index contributed by atoms with van der Waals surface area (Å²) in [6, 6.07) is 18.4. The molecule has 0 saturated heterocycles. The van der Waals surface area contributed by atoms with Crippen LogP contribution in [-0.2, 0) is 21.4 Å². The Morgan fingerprint density at radius 1 is 1.03 bits per heavy atom. The highest BCUT2D eigenvalue weighted by Gasteiger charge is 2.22. The van der Waals surface area contributed by atoms with E-state index in [1.54, 1.807) is 31.4 Å². The molecule has 1 N–H and O–H groups in total. The molecule has 0 saturated carbocycles. The van der Waals surface area contributed by atoms with Gasteiger partial charge in [0.15, 0.2) is 0 Å². The second-order valence-electron chi connectivity index (χ2n) is 7.31. The van der Waals surface area contributed by atoms with E-state index in [-0.39, 0.29) is 23.3 Å². The van der Waals surface area contributed by atoms with E-state index in [0.29, 0.717) is 5.56 Å². The number of benzene rings is 3. The van der Waals surface area contributed by atoms with Gasteiger partial charge in [0.1, 0.15) is 5.75 Å². The predicted molar refractivity (Wildman–Crippen MR) is 118 cm³/mol. The van der Waals surface area contributed by atoms with Crippen molar-refractivity contribution in [1.82, 2.24) is 9.62 Å². The minimum absolute atomic E-state index is 0.136. The summed E-state index contributed by atoms with van der Waals surface area (Å²) in [5.41, 5.74) is 1.44. The third kappa shape index (κ3) is 4.47. The maximum absolute atomic E-state index is 12.8. The number of amides is 1. The molecular weight excluding hydrogens is 400 g/mol. The molecule has 30 heavy (non-hydrogen) atoms. The first-order valence-corrected chi connectivity index (χ1v) is 11.0. The first-order chi connectivity index (χ1) is 14.2. The number of ether oxygens (including phenoxy) is 1. The zero-order valence-corrected chi connectivity index (χ0v) is 18.4. The first kappa shape index (κ1) is 21.8. The van der Waals surface area contributed by atoms with Crippen LogP contribution in [0.15, 0.2) is 65.6 Å². The Morgan fingerprint density at radius 3 is 2.40 bits per heavy atom. The van der Waals surface area contributed by atoms with Crippen molar-refractivity contribution in [2.45, 2.75) is 24.3 Å². The lowest BCUT2D eigenvalue weighted by Gasteiger charge is -2.17. The van der Waals surface area contributed by atoms with Gasteiger partial charge in [-0.25, -0.2) is 12.7 Å². The number of fused-ring (bicyclic) bond motifs is 1. The molecule has 0 heterocycles. The molecule has 3 rings (SSSR count). The molecule has 0 aliphatic carbocycles. The van der Waals surface area contributed by atoms with E-state index in [0.717, 1.165) is 22.1 Å². The van der Waals surface area contributed by atoms with E-state index in [2.05, 4.69) is 5.32 Å². The maximum Gasteiger partial charge on any atom is 0.242 e. The number of carbonyl (C=O) groups excluding carboxylic acids is 1. The molecule has 0 radical (unpaired) electrons. The van der Waals surface area contributed by atoms with Crippen LogP contribution in [-0.4, -0.2) is 39.8 Å². The van der Waals surface area contributed by atoms with E-state index in [1.807, 2.05) is 43.3 Å². The fraction of sp³-hybridized carbons (Fsp3) is 0.261. The van der Waals surface area contributed by atoms with E-state index >= 15 is 0 Å². The second-order valence-corrected chi connectivity index (χ2v) is 9.43. The number of methoxy groups -OCH3 is 1. The predicted octanol–water partition coefficient (Wildman–Crippen LogP) is 3.52. The third-order valence-electron chi connectivity index (χ3n) is 5.15. The number of nitrogens with one attached hydrogen (secondary N) is 1. The molecule has 3 aromatic carbocycles. The van der Waals surface area contributed by atoms with Crippen LogP contribution in [0.1, 0.15) is 24.0 Å². The number of sulfonamides is 1. The molecule has 7 heteroatoms. The lowest BCUT2D eigenvalue weighted by atomic mass is 9.97. The van der Waals surface area contributed by atoms with Crippen LogP contribution < -0.4 is 10.1 Å². The van der Waals surface area contributed by atoms with Crippen molar-refractivity contribution in [3.05, 3.63) is 71.8 Å². The molecule has 0 aliphatic heterocycles.